The van der Waals surface area contributed by atoms with Crippen LogP contribution in [0.2, 0.25) is 0 Å². The first-order valence-electron chi connectivity index (χ1n) is 6.09. The first kappa shape index (κ1) is 11.2. The smallest absolute Gasteiger partial charge is 0.309 e. The highest BCUT2D eigenvalue weighted by molar-refractivity contribution is 5.49. The standard InChI is InChI=1S/C14H18NO/c16-11-15-14(12-7-3-1-4-8-12)13-9-5-2-6-10-13/h1,3-4,7-8,13-14H,2,5-6,9-10H2,(H,15,16). The maximum Gasteiger partial charge on any atom is 0.309 e. The van der Waals surface area contributed by atoms with Crippen molar-refractivity contribution in [2.45, 2.75) is 38.1 Å². The van der Waals surface area contributed by atoms with Gasteiger partial charge in [0.1, 0.15) is 0 Å². The molecule has 1 N–H and O–H groups in total. The summed E-state index contributed by atoms with van der Waals surface area (Å²) in [6.07, 6.45) is 8.21. The summed E-state index contributed by atoms with van der Waals surface area (Å²) in [5, 5.41) is 2.86. The van der Waals surface area contributed by atoms with Gasteiger partial charge in [-0.15, -0.1) is 0 Å². The molecule has 0 aromatic heterocycles. The summed E-state index contributed by atoms with van der Waals surface area (Å²) in [5.41, 5.74) is 1.21. The molecule has 0 aliphatic heterocycles. The Bertz CT molecular complexity index is 317. The number of nitrogens with one attached hydrogen (secondary N) is 1. The Hall–Kier alpha value is -1.31. The monoisotopic (exact) mass is 216 g/mol. The number of hydrogen-bond donors (Lipinski definition) is 1. The Morgan fingerprint density at radius 2 is 1.81 bits per heavy atom. The molecule has 1 amide bonds. The predicted octanol–water partition coefficient (Wildman–Crippen LogP) is 2.96. The van der Waals surface area contributed by atoms with Crippen molar-refractivity contribution in [2.24, 2.45) is 5.92 Å². The molecule has 1 saturated carbocycles. The van der Waals surface area contributed by atoms with E-state index in [1.165, 1.54) is 37.7 Å². The summed E-state index contributed by atoms with van der Waals surface area (Å²) in [4.78, 5) is 10.6. The van der Waals surface area contributed by atoms with E-state index in [0.29, 0.717) is 5.92 Å². The van der Waals surface area contributed by atoms with Crippen LogP contribution in [-0.2, 0) is 4.79 Å². The van der Waals surface area contributed by atoms with Crippen molar-refractivity contribution in [3.8, 4) is 0 Å². The predicted molar refractivity (Wildman–Crippen MR) is 64.6 cm³/mol. The van der Waals surface area contributed by atoms with Gasteiger partial charge in [-0.25, -0.2) is 0 Å². The second-order valence-corrected chi connectivity index (χ2v) is 4.53. The lowest BCUT2D eigenvalue weighted by atomic mass is 9.81. The molecule has 85 valence electrons. The third-order valence-corrected chi connectivity index (χ3v) is 3.49. The van der Waals surface area contributed by atoms with E-state index >= 15 is 0 Å². The van der Waals surface area contributed by atoms with Crippen LogP contribution in [0.15, 0.2) is 30.3 Å². The van der Waals surface area contributed by atoms with Crippen LogP contribution in [0.5, 0.6) is 0 Å². The Kier molecular flexibility index (Phi) is 3.97. The van der Waals surface area contributed by atoms with Crippen molar-refractivity contribution in [1.82, 2.24) is 5.32 Å². The second-order valence-electron chi connectivity index (χ2n) is 4.53. The van der Waals surface area contributed by atoms with E-state index in [9.17, 15) is 4.79 Å². The first-order chi connectivity index (χ1) is 7.92. The average Bonchev–Trinajstić information content (AvgIpc) is 2.38. The number of benzene rings is 1. The largest absolute Gasteiger partial charge is 0.341 e. The number of amides is 1. The van der Waals surface area contributed by atoms with Crippen LogP contribution in [-0.4, -0.2) is 6.41 Å². The maximum absolute atomic E-state index is 10.6. The molecule has 0 heterocycles. The molecule has 2 heteroatoms. The van der Waals surface area contributed by atoms with Crippen LogP contribution in [0.3, 0.4) is 0 Å². The number of rotatable bonds is 4. The van der Waals surface area contributed by atoms with E-state index in [1.54, 1.807) is 0 Å². The van der Waals surface area contributed by atoms with E-state index in [2.05, 4.69) is 17.4 Å². The van der Waals surface area contributed by atoms with Crippen molar-refractivity contribution >= 4 is 6.41 Å². The third-order valence-electron chi connectivity index (χ3n) is 3.49. The van der Waals surface area contributed by atoms with Gasteiger partial charge in [-0.1, -0.05) is 49.6 Å². The number of hydrogen-bond acceptors (Lipinski definition) is 1. The van der Waals surface area contributed by atoms with Gasteiger partial charge >= 0.3 is 6.41 Å². The van der Waals surface area contributed by atoms with Gasteiger partial charge < -0.3 is 5.32 Å². The van der Waals surface area contributed by atoms with Crippen molar-refractivity contribution in [3.63, 3.8) is 0 Å². The summed E-state index contributed by atoms with van der Waals surface area (Å²) in [5.74, 6) is 0.581. The zero-order valence-corrected chi connectivity index (χ0v) is 9.49. The summed E-state index contributed by atoms with van der Waals surface area (Å²) < 4.78 is 0. The first-order valence-corrected chi connectivity index (χ1v) is 6.09. The van der Waals surface area contributed by atoms with Gasteiger partial charge in [0.2, 0.25) is 0 Å². The lowest BCUT2D eigenvalue weighted by Crippen LogP contribution is -2.28. The van der Waals surface area contributed by atoms with Crippen LogP contribution in [0.4, 0.5) is 0 Å². The zero-order valence-electron chi connectivity index (χ0n) is 9.49. The Morgan fingerprint density at radius 1 is 1.12 bits per heavy atom. The van der Waals surface area contributed by atoms with E-state index in [0.717, 1.165) is 0 Å². The van der Waals surface area contributed by atoms with Gasteiger partial charge in [-0.05, 0) is 24.3 Å². The van der Waals surface area contributed by atoms with E-state index in [4.69, 9.17) is 0 Å². The van der Waals surface area contributed by atoms with Gasteiger partial charge in [-0.3, -0.25) is 4.79 Å². The summed E-state index contributed by atoms with van der Waals surface area (Å²) in [7, 11) is 0. The minimum atomic E-state index is 0.152. The van der Waals surface area contributed by atoms with Crippen molar-refractivity contribution in [2.75, 3.05) is 0 Å². The van der Waals surface area contributed by atoms with Crippen LogP contribution >= 0.6 is 0 Å². The zero-order chi connectivity index (χ0) is 11.2. The van der Waals surface area contributed by atoms with Crippen LogP contribution in [0.1, 0.15) is 43.7 Å². The van der Waals surface area contributed by atoms with Crippen molar-refractivity contribution in [1.29, 1.82) is 0 Å². The molecule has 1 atom stereocenters. The topological polar surface area (TPSA) is 29.1 Å². The molecule has 2 rings (SSSR count). The summed E-state index contributed by atoms with van der Waals surface area (Å²) in [6, 6.07) is 10.4. The maximum atomic E-state index is 10.6. The summed E-state index contributed by atoms with van der Waals surface area (Å²) >= 11 is 0. The molecule has 1 fully saturated rings. The SMILES string of the molecule is O=[C]NC(c1ccccc1)C1CCCCC1. The third kappa shape index (κ3) is 2.63. The van der Waals surface area contributed by atoms with Crippen LogP contribution < -0.4 is 5.32 Å². The lowest BCUT2D eigenvalue weighted by molar-refractivity contribution is 0.290. The van der Waals surface area contributed by atoms with E-state index in [-0.39, 0.29) is 6.04 Å². The average molecular weight is 216 g/mol. The molecule has 2 nitrogen and oxygen atoms in total. The van der Waals surface area contributed by atoms with Gasteiger partial charge in [0.15, 0.2) is 0 Å². The quantitative estimate of drug-likeness (QED) is 0.770. The fourth-order valence-corrected chi connectivity index (χ4v) is 2.66. The molecule has 0 saturated heterocycles. The van der Waals surface area contributed by atoms with Crippen LogP contribution in [0.25, 0.3) is 0 Å². The second kappa shape index (κ2) is 5.69. The lowest BCUT2D eigenvalue weighted by Gasteiger charge is -2.29. The van der Waals surface area contributed by atoms with Gasteiger partial charge in [0.05, 0.1) is 6.04 Å². The van der Waals surface area contributed by atoms with Crippen LogP contribution in [0, 0.1) is 5.92 Å². The molecule has 0 bridgehead atoms. The highest BCUT2D eigenvalue weighted by Gasteiger charge is 2.24. The number of carbonyl (C=O) groups excluding carboxylic acids is 1. The van der Waals surface area contributed by atoms with Gasteiger partial charge in [0, 0.05) is 0 Å². The molecule has 0 spiro atoms. The fourth-order valence-electron chi connectivity index (χ4n) is 2.66. The molecule has 1 aromatic rings. The Balaban J connectivity index is 2.12. The molecular formula is C14H18NO. The van der Waals surface area contributed by atoms with Crippen molar-refractivity contribution < 1.29 is 4.79 Å². The Labute approximate surface area is 97.1 Å². The highest BCUT2D eigenvalue weighted by Crippen LogP contribution is 2.33. The minimum Gasteiger partial charge on any atom is -0.341 e. The molecular weight excluding hydrogens is 198 g/mol. The molecule has 1 radical (unpaired) electrons. The molecule has 1 aliphatic carbocycles. The minimum absolute atomic E-state index is 0.152. The molecule has 1 unspecified atom stereocenters. The van der Waals surface area contributed by atoms with Gasteiger partial charge in [-0.2, -0.15) is 0 Å². The highest BCUT2D eigenvalue weighted by atomic mass is 16.1. The van der Waals surface area contributed by atoms with E-state index in [1.807, 2.05) is 24.6 Å². The summed E-state index contributed by atoms with van der Waals surface area (Å²) in [6.45, 7) is 0. The normalized spacial score (nSPS) is 19.0. The molecule has 1 aliphatic rings. The fraction of sp³-hybridized carbons (Fsp3) is 0.500. The van der Waals surface area contributed by atoms with Gasteiger partial charge in [0.25, 0.3) is 0 Å². The van der Waals surface area contributed by atoms with E-state index < -0.39 is 0 Å². The molecule has 1 aromatic carbocycles. The Morgan fingerprint density at radius 3 is 2.44 bits per heavy atom. The van der Waals surface area contributed by atoms with Crippen molar-refractivity contribution in [3.05, 3.63) is 35.9 Å². The molecule has 16 heavy (non-hydrogen) atoms.